The number of nitrogens with zero attached hydrogens (tertiary/aromatic N) is 1. The molecule has 1 aliphatic rings. The number of hydrogen-bond acceptors (Lipinski definition) is 3. The molecule has 4 nitrogen and oxygen atoms in total. The maximum atomic E-state index is 11.1. The summed E-state index contributed by atoms with van der Waals surface area (Å²) in [5.74, 6) is 0. The predicted octanol–water partition coefficient (Wildman–Crippen LogP) is 1.90. The van der Waals surface area contributed by atoms with Gasteiger partial charge in [-0.3, -0.25) is 4.79 Å². The Hall–Kier alpha value is -1.94. The van der Waals surface area contributed by atoms with Gasteiger partial charge in [0.1, 0.15) is 0 Å². The van der Waals surface area contributed by atoms with Crippen LogP contribution in [0.1, 0.15) is 24.5 Å². The Morgan fingerprint density at radius 1 is 1.25 bits per heavy atom. The highest BCUT2D eigenvalue weighted by Gasteiger charge is 2.21. The Balaban J connectivity index is 1.81. The summed E-state index contributed by atoms with van der Waals surface area (Å²) in [5, 5.41) is 10.2. The summed E-state index contributed by atoms with van der Waals surface area (Å²) in [6.07, 6.45) is 3.35. The molecular formula is C16H19N3O. The van der Waals surface area contributed by atoms with Crippen LogP contribution in [0.25, 0.3) is 11.3 Å². The van der Waals surface area contributed by atoms with Gasteiger partial charge in [-0.15, -0.1) is 0 Å². The normalized spacial score (nSPS) is 17.1. The van der Waals surface area contributed by atoms with Gasteiger partial charge in [0.15, 0.2) is 0 Å². The van der Waals surface area contributed by atoms with Crippen molar-refractivity contribution in [3.63, 3.8) is 0 Å². The first-order valence-corrected chi connectivity index (χ1v) is 7.17. The van der Waals surface area contributed by atoms with Crippen LogP contribution in [0.3, 0.4) is 0 Å². The molecule has 4 heteroatoms. The molecule has 1 atom stereocenters. The average molecular weight is 269 g/mol. The second kappa shape index (κ2) is 5.59. The van der Waals surface area contributed by atoms with E-state index in [0.29, 0.717) is 6.04 Å². The van der Waals surface area contributed by atoms with E-state index < -0.39 is 0 Å². The van der Waals surface area contributed by atoms with E-state index >= 15 is 0 Å². The zero-order valence-electron chi connectivity index (χ0n) is 11.6. The summed E-state index contributed by atoms with van der Waals surface area (Å²) in [5.41, 5.74) is 4.53. The van der Waals surface area contributed by atoms with Gasteiger partial charge in [0, 0.05) is 17.7 Å². The largest absolute Gasteiger partial charge is 0.313 e. The molecule has 20 heavy (non-hydrogen) atoms. The minimum absolute atomic E-state index is 0.168. The first-order valence-electron chi connectivity index (χ1n) is 7.17. The van der Waals surface area contributed by atoms with Crippen LogP contribution in [-0.4, -0.2) is 22.8 Å². The van der Waals surface area contributed by atoms with Crippen LogP contribution < -0.4 is 10.9 Å². The third-order valence-electron chi connectivity index (χ3n) is 3.80. The molecule has 1 unspecified atom stereocenters. The third kappa shape index (κ3) is 2.65. The van der Waals surface area contributed by atoms with E-state index in [1.807, 2.05) is 0 Å². The Morgan fingerprint density at radius 2 is 2.10 bits per heavy atom. The topological polar surface area (TPSA) is 57.8 Å². The number of rotatable bonds is 4. The summed E-state index contributed by atoms with van der Waals surface area (Å²) in [6, 6.07) is 10.3. The highest BCUT2D eigenvalue weighted by molar-refractivity contribution is 5.61. The van der Waals surface area contributed by atoms with Crippen molar-refractivity contribution in [1.29, 1.82) is 0 Å². The lowest BCUT2D eigenvalue weighted by atomic mass is 10.0. The van der Waals surface area contributed by atoms with E-state index in [4.69, 9.17) is 0 Å². The van der Waals surface area contributed by atoms with Crippen LogP contribution in [0.4, 0.5) is 0 Å². The molecule has 1 aliphatic carbocycles. The van der Waals surface area contributed by atoms with Gasteiger partial charge in [-0.05, 0) is 49.1 Å². The van der Waals surface area contributed by atoms with Gasteiger partial charge in [0.25, 0.3) is 5.56 Å². The minimum Gasteiger partial charge on any atom is -0.313 e. The van der Waals surface area contributed by atoms with Crippen LogP contribution in [0, 0.1) is 0 Å². The van der Waals surface area contributed by atoms with Gasteiger partial charge >= 0.3 is 0 Å². The number of nitrogens with one attached hydrogen (secondary N) is 2. The van der Waals surface area contributed by atoms with Crippen LogP contribution in [0.15, 0.2) is 35.1 Å². The number of benzene rings is 1. The van der Waals surface area contributed by atoms with Crippen molar-refractivity contribution in [2.75, 3.05) is 6.54 Å². The van der Waals surface area contributed by atoms with Crippen LogP contribution in [0.5, 0.6) is 0 Å². The molecule has 0 radical (unpaired) electrons. The summed E-state index contributed by atoms with van der Waals surface area (Å²) < 4.78 is 0. The zero-order valence-corrected chi connectivity index (χ0v) is 11.6. The van der Waals surface area contributed by atoms with Crippen LogP contribution >= 0.6 is 0 Å². The molecule has 1 heterocycles. The van der Waals surface area contributed by atoms with E-state index in [2.05, 4.69) is 40.6 Å². The lowest BCUT2D eigenvalue weighted by Crippen LogP contribution is -2.29. The second-order valence-electron chi connectivity index (χ2n) is 5.35. The molecule has 0 amide bonds. The Morgan fingerprint density at radius 3 is 2.85 bits per heavy atom. The quantitative estimate of drug-likeness (QED) is 0.891. The molecule has 0 spiro atoms. The van der Waals surface area contributed by atoms with Crippen molar-refractivity contribution in [3.05, 3.63) is 51.8 Å². The fourth-order valence-corrected chi connectivity index (χ4v) is 2.78. The summed E-state index contributed by atoms with van der Waals surface area (Å²) in [7, 11) is 0. The molecule has 0 fully saturated rings. The van der Waals surface area contributed by atoms with E-state index in [1.165, 1.54) is 23.6 Å². The molecule has 0 aliphatic heterocycles. The highest BCUT2D eigenvalue weighted by Crippen LogP contribution is 2.27. The van der Waals surface area contributed by atoms with Gasteiger partial charge in [-0.1, -0.05) is 19.1 Å². The lowest BCUT2D eigenvalue weighted by Gasteiger charge is -2.09. The predicted molar refractivity (Wildman–Crippen MR) is 79.8 cm³/mol. The SMILES string of the molecule is CCCNC1Cc2ccc(-c3ccc(=O)[nH]n3)cc2C1. The molecule has 104 valence electrons. The van der Waals surface area contributed by atoms with E-state index in [9.17, 15) is 4.79 Å². The van der Waals surface area contributed by atoms with Gasteiger partial charge in [-0.25, -0.2) is 5.10 Å². The Labute approximate surface area is 118 Å². The van der Waals surface area contributed by atoms with Crippen molar-refractivity contribution in [1.82, 2.24) is 15.5 Å². The highest BCUT2D eigenvalue weighted by atomic mass is 16.1. The summed E-state index contributed by atoms with van der Waals surface area (Å²) >= 11 is 0. The number of aromatic nitrogens is 2. The average Bonchev–Trinajstić information content (AvgIpc) is 2.87. The maximum absolute atomic E-state index is 11.1. The monoisotopic (exact) mass is 269 g/mol. The molecule has 0 saturated carbocycles. The molecule has 2 N–H and O–H groups in total. The third-order valence-corrected chi connectivity index (χ3v) is 3.80. The Bertz CT molecular complexity index is 643. The summed E-state index contributed by atoms with van der Waals surface area (Å²) in [6.45, 7) is 3.27. The first kappa shape index (κ1) is 13.1. The number of fused-ring (bicyclic) bond motifs is 1. The van der Waals surface area contributed by atoms with Gasteiger partial charge in [0.05, 0.1) is 5.69 Å². The standard InChI is InChI=1S/C16H19N3O/c1-2-7-17-14-9-11-3-4-12(8-13(11)10-14)15-5-6-16(20)19-18-15/h3-6,8,14,17H,2,7,9-10H2,1H3,(H,19,20). The Kier molecular flexibility index (Phi) is 3.65. The van der Waals surface area contributed by atoms with Gasteiger partial charge in [0.2, 0.25) is 0 Å². The van der Waals surface area contributed by atoms with Gasteiger partial charge < -0.3 is 5.32 Å². The number of aromatic amines is 1. The second-order valence-corrected chi connectivity index (χ2v) is 5.35. The van der Waals surface area contributed by atoms with E-state index in [-0.39, 0.29) is 5.56 Å². The van der Waals surface area contributed by atoms with Crippen LogP contribution in [-0.2, 0) is 12.8 Å². The first-order chi connectivity index (χ1) is 9.76. The maximum Gasteiger partial charge on any atom is 0.264 e. The zero-order chi connectivity index (χ0) is 13.9. The molecular weight excluding hydrogens is 250 g/mol. The number of H-pyrrole nitrogens is 1. The molecule has 0 saturated heterocycles. The van der Waals surface area contributed by atoms with E-state index in [0.717, 1.165) is 30.6 Å². The fourth-order valence-electron chi connectivity index (χ4n) is 2.78. The fraction of sp³-hybridized carbons (Fsp3) is 0.375. The molecule has 0 bridgehead atoms. The van der Waals surface area contributed by atoms with Gasteiger partial charge in [-0.2, -0.15) is 5.10 Å². The smallest absolute Gasteiger partial charge is 0.264 e. The van der Waals surface area contributed by atoms with E-state index in [1.54, 1.807) is 6.07 Å². The molecule has 2 aromatic rings. The molecule has 1 aromatic heterocycles. The van der Waals surface area contributed by atoms with Crippen LogP contribution in [0.2, 0.25) is 0 Å². The number of hydrogen-bond donors (Lipinski definition) is 2. The summed E-state index contributed by atoms with van der Waals surface area (Å²) in [4.78, 5) is 11.1. The molecule has 1 aromatic carbocycles. The van der Waals surface area contributed by atoms with Crippen molar-refractivity contribution in [2.45, 2.75) is 32.2 Å². The lowest BCUT2D eigenvalue weighted by molar-refractivity contribution is 0.532. The minimum atomic E-state index is -0.168. The van der Waals surface area contributed by atoms with Crippen molar-refractivity contribution < 1.29 is 0 Å². The van der Waals surface area contributed by atoms with Crippen molar-refractivity contribution >= 4 is 0 Å². The van der Waals surface area contributed by atoms with Crippen molar-refractivity contribution in [3.8, 4) is 11.3 Å². The molecule has 3 rings (SSSR count). The van der Waals surface area contributed by atoms with Crippen molar-refractivity contribution in [2.24, 2.45) is 0 Å².